The molecular weight excluding hydrogens is 430 g/mol. The molecule has 3 aromatic carbocycles. The fourth-order valence-electron chi connectivity index (χ4n) is 3.24. The first-order valence-corrected chi connectivity index (χ1v) is 11.0. The third-order valence-corrected chi connectivity index (χ3v) is 5.03. The van der Waals surface area contributed by atoms with Gasteiger partial charge in [-0.3, -0.25) is 14.6 Å². The lowest BCUT2D eigenvalue weighted by Gasteiger charge is -2.07. The van der Waals surface area contributed by atoms with Crippen LogP contribution in [0.15, 0.2) is 82.7 Å². The summed E-state index contributed by atoms with van der Waals surface area (Å²) in [6, 6.07) is 21.4. The van der Waals surface area contributed by atoms with Gasteiger partial charge in [0.1, 0.15) is 5.75 Å². The standard InChI is InChI=1S/C26H25N5O3/c1-2-3-15-34-21-8-6-7-18(16-21)17-27-31-24(32)19-11-13-20(14-12-19)28-26-29-23-10-5-4-9-22(23)25(33)30-26/h4-14,16-17H,2-3,15H2,1H3,(H,31,32)(H2,28,29,30,33)/b27-17-. The molecule has 4 rings (SSSR count). The molecule has 8 heteroatoms. The number of hydrogen-bond acceptors (Lipinski definition) is 6. The molecule has 1 amide bonds. The van der Waals surface area contributed by atoms with Crippen LogP contribution in [0.5, 0.6) is 5.75 Å². The van der Waals surface area contributed by atoms with Gasteiger partial charge >= 0.3 is 0 Å². The summed E-state index contributed by atoms with van der Waals surface area (Å²) in [4.78, 5) is 31.7. The Morgan fingerprint density at radius 2 is 1.91 bits per heavy atom. The Bertz CT molecular complexity index is 1360. The summed E-state index contributed by atoms with van der Waals surface area (Å²) >= 11 is 0. The largest absolute Gasteiger partial charge is 0.494 e. The predicted octanol–water partition coefficient (Wildman–Crippen LogP) is 4.61. The molecule has 1 heterocycles. The number of H-pyrrole nitrogens is 1. The number of nitrogens with zero attached hydrogens (tertiary/aromatic N) is 2. The lowest BCUT2D eigenvalue weighted by atomic mass is 10.2. The number of amides is 1. The molecule has 172 valence electrons. The van der Waals surface area contributed by atoms with E-state index in [4.69, 9.17) is 4.74 Å². The van der Waals surface area contributed by atoms with Crippen molar-refractivity contribution in [1.82, 2.24) is 15.4 Å². The van der Waals surface area contributed by atoms with Gasteiger partial charge in [0.2, 0.25) is 5.95 Å². The van der Waals surface area contributed by atoms with E-state index >= 15 is 0 Å². The molecule has 0 saturated carbocycles. The van der Waals surface area contributed by atoms with Crippen molar-refractivity contribution in [1.29, 1.82) is 0 Å². The molecule has 0 aliphatic heterocycles. The Labute approximate surface area is 196 Å². The second-order valence-electron chi connectivity index (χ2n) is 7.61. The highest BCUT2D eigenvalue weighted by Crippen LogP contribution is 2.16. The maximum Gasteiger partial charge on any atom is 0.271 e. The SMILES string of the molecule is CCCCOc1cccc(/C=N\NC(=O)c2ccc(Nc3nc4ccccc4c(=O)[nH]3)cc2)c1. The van der Waals surface area contributed by atoms with Gasteiger partial charge < -0.3 is 10.1 Å². The van der Waals surface area contributed by atoms with Crippen LogP contribution in [-0.2, 0) is 0 Å². The lowest BCUT2D eigenvalue weighted by Crippen LogP contribution is -2.17. The van der Waals surface area contributed by atoms with Gasteiger partial charge in [-0.15, -0.1) is 0 Å². The molecule has 8 nitrogen and oxygen atoms in total. The Balaban J connectivity index is 1.35. The topological polar surface area (TPSA) is 108 Å². The molecule has 0 bridgehead atoms. The first-order valence-electron chi connectivity index (χ1n) is 11.0. The minimum absolute atomic E-state index is 0.222. The van der Waals surface area contributed by atoms with Crippen LogP contribution >= 0.6 is 0 Å². The van der Waals surface area contributed by atoms with Crippen LogP contribution in [0, 0.1) is 0 Å². The van der Waals surface area contributed by atoms with Crippen LogP contribution in [0.3, 0.4) is 0 Å². The number of benzene rings is 3. The number of unbranched alkanes of at least 4 members (excludes halogenated alkanes) is 1. The minimum Gasteiger partial charge on any atom is -0.494 e. The van der Waals surface area contributed by atoms with Crippen LogP contribution in [0.25, 0.3) is 10.9 Å². The van der Waals surface area contributed by atoms with Crippen molar-refractivity contribution in [2.45, 2.75) is 19.8 Å². The molecule has 0 atom stereocenters. The molecule has 0 aliphatic rings. The Morgan fingerprint density at radius 3 is 2.74 bits per heavy atom. The fraction of sp³-hybridized carbons (Fsp3) is 0.154. The van der Waals surface area contributed by atoms with Crippen molar-refractivity contribution in [3.63, 3.8) is 0 Å². The molecule has 0 radical (unpaired) electrons. The second kappa shape index (κ2) is 10.9. The van der Waals surface area contributed by atoms with Gasteiger partial charge in [0.25, 0.3) is 11.5 Å². The molecule has 1 aromatic heterocycles. The molecule has 0 aliphatic carbocycles. The molecule has 0 fully saturated rings. The van der Waals surface area contributed by atoms with Crippen molar-refractivity contribution < 1.29 is 9.53 Å². The average Bonchev–Trinajstić information content (AvgIpc) is 2.85. The van der Waals surface area contributed by atoms with Gasteiger partial charge in [-0.25, -0.2) is 10.4 Å². The molecular formula is C26H25N5O3. The monoisotopic (exact) mass is 455 g/mol. The van der Waals surface area contributed by atoms with Crippen molar-refractivity contribution in [3.8, 4) is 5.75 Å². The smallest absolute Gasteiger partial charge is 0.271 e. The number of carbonyl (C=O) groups is 1. The third kappa shape index (κ3) is 5.86. The van der Waals surface area contributed by atoms with Gasteiger partial charge in [0.05, 0.1) is 23.7 Å². The Hall–Kier alpha value is -4.46. The van der Waals surface area contributed by atoms with Gasteiger partial charge in [0, 0.05) is 11.3 Å². The average molecular weight is 456 g/mol. The van der Waals surface area contributed by atoms with Crippen LogP contribution in [0.2, 0.25) is 0 Å². The number of ether oxygens (including phenoxy) is 1. The summed E-state index contributed by atoms with van der Waals surface area (Å²) < 4.78 is 5.69. The second-order valence-corrected chi connectivity index (χ2v) is 7.61. The van der Waals surface area contributed by atoms with E-state index in [0.29, 0.717) is 34.7 Å². The number of nitrogens with one attached hydrogen (secondary N) is 3. The highest BCUT2D eigenvalue weighted by molar-refractivity contribution is 5.95. The zero-order chi connectivity index (χ0) is 23.8. The summed E-state index contributed by atoms with van der Waals surface area (Å²) in [7, 11) is 0. The van der Waals surface area contributed by atoms with Crippen LogP contribution in [0.4, 0.5) is 11.6 Å². The number of aromatic amines is 1. The number of hydrazone groups is 1. The fourth-order valence-corrected chi connectivity index (χ4v) is 3.24. The van der Waals surface area contributed by atoms with Crippen molar-refractivity contribution >= 4 is 34.7 Å². The third-order valence-electron chi connectivity index (χ3n) is 5.03. The number of anilines is 2. The number of aromatic nitrogens is 2. The maximum atomic E-state index is 12.4. The first-order chi connectivity index (χ1) is 16.6. The van der Waals surface area contributed by atoms with E-state index in [9.17, 15) is 9.59 Å². The summed E-state index contributed by atoms with van der Waals surface area (Å²) in [5, 5.41) is 7.61. The first kappa shape index (κ1) is 22.7. The number of hydrogen-bond donors (Lipinski definition) is 3. The van der Waals surface area contributed by atoms with Gasteiger partial charge in [-0.2, -0.15) is 5.10 Å². The van der Waals surface area contributed by atoms with Crippen molar-refractivity contribution in [3.05, 3.63) is 94.3 Å². The quantitative estimate of drug-likeness (QED) is 0.194. The summed E-state index contributed by atoms with van der Waals surface area (Å²) in [6.45, 7) is 2.79. The summed E-state index contributed by atoms with van der Waals surface area (Å²) in [6.07, 6.45) is 3.64. The molecule has 3 N–H and O–H groups in total. The van der Waals surface area contributed by atoms with Crippen LogP contribution in [0.1, 0.15) is 35.7 Å². The predicted molar refractivity (Wildman–Crippen MR) is 134 cm³/mol. The van der Waals surface area contributed by atoms with E-state index in [1.54, 1.807) is 48.7 Å². The zero-order valence-electron chi connectivity index (χ0n) is 18.7. The van der Waals surface area contributed by atoms with E-state index in [0.717, 1.165) is 24.2 Å². The number of carbonyl (C=O) groups excluding carboxylic acids is 1. The summed E-state index contributed by atoms with van der Waals surface area (Å²) in [5.41, 5.74) is 4.85. The van der Waals surface area contributed by atoms with E-state index in [2.05, 4.69) is 32.7 Å². The summed E-state index contributed by atoms with van der Waals surface area (Å²) in [5.74, 6) is 0.760. The van der Waals surface area contributed by atoms with Gasteiger partial charge in [0.15, 0.2) is 0 Å². The minimum atomic E-state index is -0.338. The van der Waals surface area contributed by atoms with E-state index in [-0.39, 0.29) is 11.5 Å². The van der Waals surface area contributed by atoms with E-state index in [1.807, 2.05) is 30.3 Å². The zero-order valence-corrected chi connectivity index (χ0v) is 18.7. The van der Waals surface area contributed by atoms with Crippen molar-refractivity contribution in [2.24, 2.45) is 5.10 Å². The molecule has 0 unspecified atom stereocenters. The number of para-hydroxylation sites is 1. The number of rotatable bonds is 9. The van der Waals surface area contributed by atoms with Gasteiger partial charge in [-0.05, 0) is 60.5 Å². The molecule has 0 saturated heterocycles. The highest BCUT2D eigenvalue weighted by Gasteiger charge is 2.06. The number of fused-ring (bicyclic) bond motifs is 1. The molecule has 4 aromatic rings. The van der Waals surface area contributed by atoms with Crippen molar-refractivity contribution in [2.75, 3.05) is 11.9 Å². The molecule has 0 spiro atoms. The van der Waals surface area contributed by atoms with E-state index < -0.39 is 0 Å². The van der Waals surface area contributed by atoms with Gasteiger partial charge in [-0.1, -0.05) is 37.6 Å². The normalized spacial score (nSPS) is 11.0. The molecule has 34 heavy (non-hydrogen) atoms. The van der Waals surface area contributed by atoms with Crippen LogP contribution in [-0.4, -0.2) is 28.7 Å². The van der Waals surface area contributed by atoms with E-state index in [1.165, 1.54) is 0 Å². The Kier molecular flexibility index (Phi) is 7.29. The highest BCUT2D eigenvalue weighted by atomic mass is 16.5. The van der Waals surface area contributed by atoms with Crippen LogP contribution < -0.4 is 21.0 Å². The lowest BCUT2D eigenvalue weighted by molar-refractivity contribution is 0.0955. The maximum absolute atomic E-state index is 12.4. The Morgan fingerprint density at radius 1 is 1.09 bits per heavy atom.